The zero-order valence-corrected chi connectivity index (χ0v) is 7.44. The van der Waals surface area contributed by atoms with Crippen LogP contribution in [0.3, 0.4) is 0 Å². The van der Waals surface area contributed by atoms with Crippen molar-refractivity contribution in [3.05, 3.63) is 48.9 Å². The van der Waals surface area contributed by atoms with Gasteiger partial charge in [-0.1, -0.05) is 24.3 Å². The van der Waals surface area contributed by atoms with Crippen LogP contribution in [0.25, 0.3) is 21.7 Å². The van der Waals surface area contributed by atoms with E-state index in [0.717, 1.165) is 10.9 Å². The zero-order chi connectivity index (χ0) is 9.38. The minimum atomic E-state index is 0.943. The third-order valence-corrected chi connectivity index (χ3v) is 2.30. The van der Waals surface area contributed by atoms with Crippen molar-refractivity contribution in [3.63, 3.8) is 0 Å². The fourth-order valence-electron chi connectivity index (χ4n) is 1.61. The van der Waals surface area contributed by atoms with E-state index in [4.69, 9.17) is 0 Å². The first-order chi connectivity index (χ1) is 6.93. The van der Waals surface area contributed by atoms with Crippen molar-refractivity contribution in [1.82, 2.24) is 9.97 Å². The maximum absolute atomic E-state index is 4.19. The van der Waals surface area contributed by atoms with Gasteiger partial charge in [0, 0.05) is 5.39 Å². The number of hydrogen-bond donors (Lipinski definition) is 0. The Labute approximate surface area is 81.2 Å². The number of fused-ring (bicyclic) bond motifs is 2. The Hall–Kier alpha value is -1.96. The minimum Gasteiger partial charge on any atom is -0.236 e. The molecule has 0 aliphatic carbocycles. The van der Waals surface area contributed by atoms with Gasteiger partial charge in [-0.05, 0) is 22.9 Å². The molecule has 2 nitrogen and oxygen atoms in total. The molecular formula is C12H7N2. The molecule has 2 heteroatoms. The van der Waals surface area contributed by atoms with Crippen molar-refractivity contribution in [3.8, 4) is 0 Å². The van der Waals surface area contributed by atoms with Crippen LogP contribution in [0.1, 0.15) is 0 Å². The predicted octanol–water partition coefficient (Wildman–Crippen LogP) is 2.58. The van der Waals surface area contributed by atoms with Gasteiger partial charge in [-0.2, -0.15) is 0 Å². The van der Waals surface area contributed by atoms with E-state index in [1.54, 1.807) is 0 Å². The highest BCUT2D eigenvalue weighted by atomic mass is 14.8. The molecule has 0 atom stereocenters. The molecule has 0 spiro atoms. The minimum absolute atomic E-state index is 0.943. The Morgan fingerprint density at radius 2 is 1.79 bits per heavy atom. The number of nitrogens with zero attached hydrogens (tertiary/aromatic N) is 2. The van der Waals surface area contributed by atoms with Crippen molar-refractivity contribution in [1.29, 1.82) is 0 Å². The maximum atomic E-state index is 4.19. The summed E-state index contributed by atoms with van der Waals surface area (Å²) in [6, 6.07) is 12.3. The summed E-state index contributed by atoms with van der Waals surface area (Å²) in [6.45, 7) is 0. The molecule has 1 heterocycles. The second-order valence-electron chi connectivity index (χ2n) is 3.20. The second-order valence-corrected chi connectivity index (χ2v) is 3.20. The Bertz CT molecular complexity index is 497. The zero-order valence-electron chi connectivity index (χ0n) is 7.44. The first-order valence-corrected chi connectivity index (χ1v) is 4.45. The Balaban J connectivity index is 2.52. The van der Waals surface area contributed by atoms with Crippen LogP contribution in [0.5, 0.6) is 0 Å². The van der Waals surface area contributed by atoms with Crippen LogP contribution >= 0.6 is 0 Å². The van der Waals surface area contributed by atoms with E-state index >= 15 is 0 Å². The number of hydrogen-bond acceptors (Lipinski definition) is 2. The van der Waals surface area contributed by atoms with E-state index in [9.17, 15) is 0 Å². The molecule has 65 valence electrons. The van der Waals surface area contributed by atoms with E-state index in [2.05, 4.69) is 40.4 Å². The van der Waals surface area contributed by atoms with Crippen LogP contribution in [0.15, 0.2) is 42.7 Å². The van der Waals surface area contributed by atoms with Gasteiger partial charge in [0.1, 0.15) is 12.5 Å². The molecule has 2 aromatic carbocycles. The first kappa shape index (κ1) is 7.44. The van der Waals surface area contributed by atoms with E-state index in [1.807, 2.05) is 12.1 Å². The molecule has 1 radical (unpaired) electrons. The van der Waals surface area contributed by atoms with E-state index in [-0.39, 0.29) is 0 Å². The summed E-state index contributed by atoms with van der Waals surface area (Å²) in [6.07, 6.45) is 4.46. The number of aromatic nitrogens is 2. The lowest BCUT2D eigenvalue weighted by Crippen LogP contribution is -1.81. The average Bonchev–Trinajstić information content (AvgIpc) is 2.26. The quantitative estimate of drug-likeness (QED) is 0.496. The van der Waals surface area contributed by atoms with Gasteiger partial charge < -0.3 is 0 Å². The van der Waals surface area contributed by atoms with Crippen molar-refractivity contribution < 1.29 is 0 Å². The summed E-state index contributed by atoms with van der Waals surface area (Å²) in [7, 11) is 0. The molecular weight excluding hydrogens is 172 g/mol. The van der Waals surface area contributed by atoms with Crippen LogP contribution < -0.4 is 0 Å². The van der Waals surface area contributed by atoms with Gasteiger partial charge in [-0.15, -0.1) is 0 Å². The van der Waals surface area contributed by atoms with Crippen molar-refractivity contribution in [2.75, 3.05) is 0 Å². The molecule has 0 saturated heterocycles. The molecule has 3 aromatic rings. The van der Waals surface area contributed by atoms with Gasteiger partial charge in [0.25, 0.3) is 0 Å². The van der Waals surface area contributed by atoms with E-state index in [0.29, 0.717) is 0 Å². The highest BCUT2D eigenvalue weighted by Gasteiger charge is 1.97. The van der Waals surface area contributed by atoms with Gasteiger partial charge >= 0.3 is 0 Å². The molecule has 14 heavy (non-hydrogen) atoms. The summed E-state index contributed by atoms with van der Waals surface area (Å²) >= 11 is 0. The topological polar surface area (TPSA) is 25.8 Å². The van der Waals surface area contributed by atoms with Crippen LogP contribution in [-0.4, -0.2) is 9.97 Å². The van der Waals surface area contributed by atoms with E-state index < -0.39 is 0 Å². The van der Waals surface area contributed by atoms with Gasteiger partial charge in [0.15, 0.2) is 0 Å². The monoisotopic (exact) mass is 179 g/mol. The lowest BCUT2D eigenvalue weighted by atomic mass is 10.1. The maximum Gasteiger partial charge on any atom is 0.116 e. The Morgan fingerprint density at radius 1 is 1.00 bits per heavy atom. The molecule has 0 bridgehead atoms. The molecule has 0 unspecified atom stereocenters. The molecule has 0 amide bonds. The predicted molar refractivity (Wildman–Crippen MR) is 55.9 cm³/mol. The first-order valence-electron chi connectivity index (χ1n) is 4.45. The van der Waals surface area contributed by atoms with Gasteiger partial charge in [-0.25, -0.2) is 9.97 Å². The van der Waals surface area contributed by atoms with Gasteiger partial charge in [-0.3, -0.25) is 0 Å². The molecule has 0 aliphatic heterocycles. The Kier molecular flexibility index (Phi) is 1.47. The van der Waals surface area contributed by atoms with Crippen LogP contribution in [0.4, 0.5) is 0 Å². The van der Waals surface area contributed by atoms with E-state index in [1.165, 1.54) is 17.1 Å². The summed E-state index contributed by atoms with van der Waals surface area (Å²) in [5.41, 5.74) is 0.943. The van der Waals surface area contributed by atoms with Crippen LogP contribution in [0.2, 0.25) is 0 Å². The van der Waals surface area contributed by atoms with Crippen molar-refractivity contribution in [2.24, 2.45) is 0 Å². The van der Waals surface area contributed by atoms with Gasteiger partial charge in [0.2, 0.25) is 0 Å². The summed E-state index contributed by atoms with van der Waals surface area (Å²) in [4.78, 5) is 8.07. The normalized spacial score (nSPS) is 10.9. The lowest BCUT2D eigenvalue weighted by molar-refractivity contribution is 1.22. The van der Waals surface area contributed by atoms with Gasteiger partial charge in [0.05, 0.1) is 5.52 Å². The van der Waals surface area contributed by atoms with Crippen molar-refractivity contribution >= 4 is 21.7 Å². The molecule has 0 fully saturated rings. The SMILES string of the molecule is [c]1ncnc2cc3ccccc3cc12. The number of benzene rings is 2. The Morgan fingerprint density at radius 3 is 2.64 bits per heavy atom. The smallest absolute Gasteiger partial charge is 0.116 e. The molecule has 3 rings (SSSR count). The molecule has 0 saturated carbocycles. The fraction of sp³-hybridized carbons (Fsp3) is 0. The van der Waals surface area contributed by atoms with Crippen LogP contribution in [-0.2, 0) is 0 Å². The fourth-order valence-corrected chi connectivity index (χ4v) is 1.61. The second kappa shape index (κ2) is 2.77. The lowest BCUT2D eigenvalue weighted by Gasteiger charge is -1.99. The summed E-state index contributed by atoms with van der Waals surface area (Å²) in [5.74, 6) is 0. The molecule has 0 aliphatic rings. The van der Waals surface area contributed by atoms with Crippen LogP contribution in [0, 0.1) is 6.20 Å². The highest BCUT2D eigenvalue weighted by molar-refractivity contribution is 5.95. The average molecular weight is 179 g/mol. The molecule has 0 N–H and O–H groups in total. The third-order valence-electron chi connectivity index (χ3n) is 2.30. The molecule has 1 aromatic heterocycles. The third kappa shape index (κ3) is 1.04. The van der Waals surface area contributed by atoms with Crippen molar-refractivity contribution in [2.45, 2.75) is 0 Å². The number of rotatable bonds is 0. The highest BCUT2D eigenvalue weighted by Crippen LogP contribution is 2.19. The standard InChI is InChI=1S/C12H7N2/c1-2-4-10-6-12-11(5-9(10)3-1)7-13-8-14-12/h1-6,8H. The summed E-state index contributed by atoms with van der Waals surface area (Å²) < 4.78 is 0. The largest absolute Gasteiger partial charge is 0.236 e. The summed E-state index contributed by atoms with van der Waals surface area (Å²) in [5, 5.41) is 3.37.